The van der Waals surface area contributed by atoms with E-state index in [9.17, 15) is 0 Å². The molecule has 1 heterocycles. The fourth-order valence-electron chi connectivity index (χ4n) is 3.07. The third kappa shape index (κ3) is 5.25. The van der Waals surface area contributed by atoms with E-state index in [0.717, 1.165) is 19.6 Å². The standard InChI is InChI=1S/C15H32N2O/c1-5-8-15(3,12-16-9-6-2)13-17-10-7-14(11-17)18-4/h14,16H,5-13H2,1-4H3. The second-order valence-corrected chi connectivity index (χ2v) is 6.12. The fraction of sp³-hybridized carbons (Fsp3) is 1.00. The molecule has 18 heavy (non-hydrogen) atoms. The van der Waals surface area contributed by atoms with Crippen LogP contribution in [0.2, 0.25) is 0 Å². The van der Waals surface area contributed by atoms with E-state index >= 15 is 0 Å². The highest BCUT2D eigenvalue weighted by atomic mass is 16.5. The Balaban J connectivity index is 2.40. The van der Waals surface area contributed by atoms with Gasteiger partial charge in [0.05, 0.1) is 6.10 Å². The Hall–Kier alpha value is -0.120. The average Bonchev–Trinajstić information content (AvgIpc) is 2.77. The maximum absolute atomic E-state index is 5.46. The second kappa shape index (κ2) is 8.13. The normalized spacial score (nSPS) is 24.3. The molecule has 0 radical (unpaired) electrons. The van der Waals surface area contributed by atoms with Gasteiger partial charge in [0.1, 0.15) is 0 Å². The van der Waals surface area contributed by atoms with Crippen molar-refractivity contribution in [3.05, 3.63) is 0 Å². The lowest BCUT2D eigenvalue weighted by Crippen LogP contribution is -2.42. The first-order chi connectivity index (χ1) is 8.63. The molecule has 3 nitrogen and oxygen atoms in total. The first-order valence-corrected chi connectivity index (χ1v) is 7.59. The minimum atomic E-state index is 0.409. The molecule has 0 spiro atoms. The number of nitrogens with one attached hydrogen (secondary N) is 1. The van der Waals surface area contributed by atoms with Crippen LogP contribution in [0.15, 0.2) is 0 Å². The van der Waals surface area contributed by atoms with Gasteiger partial charge in [-0.3, -0.25) is 0 Å². The van der Waals surface area contributed by atoms with Gasteiger partial charge in [0.25, 0.3) is 0 Å². The molecular weight excluding hydrogens is 224 g/mol. The predicted octanol–water partition coefficient (Wildman–Crippen LogP) is 2.51. The van der Waals surface area contributed by atoms with E-state index in [1.807, 2.05) is 7.11 Å². The highest BCUT2D eigenvalue weighted by Crippen LogP contribution is 2.26. The molecule has 0 aromatic rings. The third-order valence-electron chi connectivity index (χ3n) is 4.00. The summed E-state index contributed by atoms with van der Waals surface area (Å²) in [4.78, 5) is 2.58. The van der Waals surface area contributed by atoms with Crippen LogP contribution in [-0.2, 0) is 4.74 Å². The van der Waals surface area contributed by atoms with E-state index in [1.165, 1.54) is 38.8 Å². The molecule has 108 valence electrons. The molecule has 1 saturated heterocycles. The minimum Gasteiger partial charge on any atom is -0.380 e. The van der Waals surface area contributed by atoms with Crippen LogP contribution >= 0.6 is 0 Å². The monoisotopic (exact) mass is 256 g/mol. The summed E-state index contributed by atoms with van der Waals surface area (Å²) in [6.45, 7) is 12.8. The van der Waals surface area contributed by atoms with Gasteiger partial charge in [0.2, 0.25) is 0 Å². The Morgan fingerprint density at radius 1 is 1.33 bits per heavy atom. The zero-order chi connectivity index (χ0) is 13.4. The Morgan fingerprint density at radius 3 is 2.67 bits per heavy atom. The van der Waals surface area contributed by atoms with Gasteiger partial charge < -0.3 is 15.0 Å². The molecule has 0 amide bonds. The summed E-state index contributed by atoms with van der Waals surface area (Å²) in [6, 6.07) is 0. The van der Waals surface area contributed by atoms with Crippen LogP contribution in [0, 0.1) is 5.41 Å². The lowest BCUT2D eigenvalue weighted by molar-refractivity contribution is 0.0973. The Bertz CT molecular complexity index is 223. The number of likely N-dealkylation sites (tertiary alicyclic amines) is 1. The van der Waals surface area contributed by atoms with E-state index in [0.29, 0.717) is 11.5 Å². The van der Waals surface area contributed by atoms with E-state index < -0.39 is 0 Å². The summed E-state index contributed by atoms with van der Waals surface area (Å²) >= 11 is 0. The topological polar surface area (TPSA) is 24.5 Å². The maximum Gasteiger partial charge on any atom is 0.0710 e. The molecule has 3 heteroatoms. The summed E-state index contributed by atoms with van der Waals surface area (Å²) in [6.07, 6.45) is 5.45. The first kappa shape index (κ1) is 15.9. The third-order valence-corrected chi connectivity index (χ3v) is 4.00. The van der Waals surface area contributed by atoms with Crippen LogP contribution in [-0.4, -0.2) is 50.8 Å². The van der Waals surface area contributed by atoms with Gasteiger partial charge in [-0.15, -0.1) is 0 Å². The van der Waals surface area contributed by atoms with Crippen molar-refractivity contribution >= 4 is 0 Å². The quantitative estimate of drug-likeness (QED) is 0.642. The number of rotatable bonds is 9. The van der Waals surface area contributed by atoms with Crippen molar-refractivity contribution in [1.82, 2.24) is 10.2 Å². The van der Waals surface area contributed by atoms with Crippen LogP contribution in [0.3, 0.4) is 0 Å². The molecule has 0 aromatic carbocycles. The van der Waals surface area contributed by atoms with Crippen LogP contribution in [0.25, 0.3) is 0 Å². The molecule has 1 aliphatic rings. The van der Waals surface area contributed by atoms with Crippen molar-refractivity contribution < 1.29 is 4.74 Å². The van der Waals surface area contributed by atoms with Crippen LogP contribution in [0.4, 0.5) is 0 Å². The molecule has 1 fully saturated rings. The zero-order valence-corrected chi connectivity index (χ0v) is 12.8. The van der Waals surface area contributed by atoms with Crippen molar-refractivity contribution in [2.75, 3.05) is 39.8 Å². The summed E-state index contributed by atoms with van der Waals surface area (Å²) in [5.74, 6) is 0. The van der Waals surface area contributed by atoms with Gasteiger partial charge in [0.15, 0.2) is 0 Å². The van der Waals surface area contributed by atoms with Gasteiger partial charge >= 0.3 is 0 Å². The smallest absolute Gasteiger partial charge is 0.0710 e. The maximum atomic E-state index is 5.46. The predicted molar refractivity (Wildman–Crippen MR) is 78.0 cm³/mol. The molecule has 2 unspecified atom stereocenters. The average molecular weight is 256 g/mol. The zero-order valence-electron chi connectivity index (χ0n) is 12.8. The fourth-order valence-corrected chi connectivity index (χ4v) is 3.07. The SMILES string of the molecule is CCCNCC(C)(CCC)CN1CCC(OC)C1. The van der Waals surface area contributed by atoms with Crippen molar-refractivity contribution in [2.24, 2.45) is 5.41 Å². The van der Waals surface area contributed by atoms with Crippen LogP contribution < -0.4 is 5.32 Å². The van der Waals surface area contributed by atoms with Crippen molar-refractivity contribution in [3.63, 3.8) is 0 Å². The number of methoxy groups -OCH3 is 1. The summed E-state index contributed by atoms with van der Waals surface area (Å²) < 4.78 is 5.46. The van der Waals surface area contributed by atoms with E-state index in [4.69, 9.17) is 4.74 Å². The molecule has 0 bridgehead atoms. The van der Waals surface area contributed by atoms with Gasteiger partial charge in [-0.05, 0) is 31.2 Å². The number of nitrogens with zero attached hydrogens (tertiary/aromatic N) is 1. The van der Waals surface area contributed by atoms with E-state index in [2.05, 4.69) is 31.0 Å². The van der Waals surface area contributed by atoms with Gasteiger partial charge in [0, 0.05) is 33.3 Å². The largest absolute Gasteiger partial charge is 0.380 e. The Morgan fingerprint density at radius 2 is 2.11 bits per heavy atom. The number of ether oxygens (including phenoxy) is 1. The lowest BCUT2D eigenvalue weighted by atomic mass is 9.85. The first-order valence-electron chi connectivity index (χ1n) is 7.59. The van der Waals surface area contributed by atoms with Crippen LogP contribution in [0.1, 0.15) is 46.5 Å². The van der Waals surface area contributed by atoms with Gasteiger partial charge in [-0.1, -0.05) is 27.2 Å². The number of hydrogen-bond donors (Lipinski definition) is 1. The van der Waals surface area contributed by atoms with Gasteiger partial charge in [-0.2, -0.15) is 0 Å². The lowest BCUT2D eigenvalue weighted by Gasteiger charge is -2.34. The highest BCUT2D eigenvalue weighted by molar-refractivity contribution is 4.85. The van der Waals surface area contributed by atoms with Crippen molar-refractivity contribution in [2.45, 2.75) is 52.6 Å². The molecule has 1 aliphatic heterocycles. The number of hydrogen-bond acceptors (Lipinski definition) is 3. The van der Waals surface area contributed by atoms with Gasteiger partial charge in [-0.25, -0.2) is 0 Å². The van der Waals surface area contributed by atoms with Crippen LogP contribution in [0.5, 0.6) is 0 Å². The summed E-state index contributed by atoms with van der Waals surface area (Å²) in [7, 11) is 1.84. The molecule has 1 rings (SSSR count). The van der Waals surface area contributed by atoms with Crippen molar-refractivity contribution in [3.8, 4) is 0 Å². The molecule has 1 N–H and O–H groups in total. The second-order valence-electron chi connectivity index (χ2n) is 6.12. The molecular formula is C15H32N2O. The summed E-state index contributed by atoms with van der Waals surface area (Å²) in [5, 5.41) is 3.60. The molecule has 0 aliphatic carbocycles. The Kier molecular flexibility index (Phi) is 7.20. The summed E-state index contributed by atoms with van der Waals surface area (Å²) in [5.41, 5.74) is 0.409. The molecule has 2 atom stereocenters. The van der Waals surface area contributed by atoms with E-state index in [-0.39, 0.29) is 0 Å². The molecule has 0 saturated carbocycles. The van der Waals surface area contributed by atoms with Crippen molar-refractivity contribution in [1.29, 1.82) is 0 Å². The molecule has 0 aromatic heterocycles. The highest BCUT2D eigenvalue weighted by Gasteiger charge is 2.30. The van der Waals surface area contributed by atoms with E-state index in [1.54, 1.807) is 0 Å². The minimum absolute atomic E-state index is 0.409. The Labute approximate surface area is 113 Å².